The average Bonchev–Trinajstić information content (AvgIpc) is 1.96. The normalized spacial score (nSPS) is 12.5. The molecule has 6 heteroatoms. The summed E-state index contributed by atoms with van der Waals surface area (Å²) in [7, 11) is 0. The van der Waals surface area contributed by atoms with Crippen LogP contribution >= 0.6 is 31.9 Å². The first kappa shape index (κ1) is 12.7. The molecule has 0 aromatic carbocycles. The van der Waals surface area contributed by atoms with Gasteiger partial charge < -0.3 is 4.74 Å². The van der Waals surface area contributed by atoms with E-state index in [1.54, 1.807) is 0 Å². The fourth-order valence-corrected chi connectivity index (χ4v) is 1.92. The standard InChI is InChI=1S/C6H9Br2F3O/c7-1-5(2-8)3-12-4-6(9,10)11/h5H,1-4H2. The van der Waals surface area contributed by atoms with Crippen LogP contribution in [0, 0.1) is 5.92 Å². The molecule has 0 aromatic heterocycles. The quantitative estimate of drug-likeness (QED) is 0.709. The van der Waals surface area contributed by atoms with Gasteiger partial charge in [0.1, 0.15) is 6.61 Å². The molecule has 0 amide bonds. The first-order chi connectivity index (χ1) is 5.49. The molecule has 0 aliphatic heterocycles. The maximum absolute atomic E-state index is 11.6. The van der Waals surface area contributed by atoms with Crippen LogP contribution in [0.15, 0.2) is 0 Å². The van der Waals surface area contributed by atoms with Crippen molar-refractivity contribution in [2.45, 2.75) is 6.18 Å². The molecule has 0 bridgehead atoms. The van der Waals surface area contributed by atoms with Crippen molar-refractivity contribution in [3.8, 4) is 0 Å². The number of alkyl halides is 5. The molecule has 0 saturated heterocycles. The van der Waals surface area contributed by atoms with Gasteiger partial charge in [0, 0.05) is 16.6 Å². The molecule has 0 aliphatic carbocycles. The summed E-state index contributed by atoms with van der Waals surface area (Å²) >= 11 is 6.33. The summed E-state index contributed by atoms with van der Waals surface area (Å²) in [6, 6.07) is 0. The molecule has 0 spiro atoms. The van der Waals surface area contributed by atoms with Gasteiger partial charge in [0.05, 0.1) is 6.61 Å². The van der Waals surface area contributed by atoms with Gasteiger partial charge in [-0.05, 0) is 0 Å². The Hall–Kier alpha value is 0.710. The predicted octanol–water partition coefficient (Wildman–Crippen LogP) is 2.97. The van der Waals surface area contributed by atoms with Crippen molar-refractivity contribution >= 4 is 31.9 Å². The van der Waals surface area contributed by atoms with Gasteiger partial charge in [0.15, 0.2) is 0 Å². The van der Waals surface area contributed by atoms with Crippen LogP contribution in [-0.4, -0.2) is 30.1 Å². The summed E-state index contributed by atoms with van der Waals surface area (Å²) < 4.78 is 39.2. The zero-order valence-corrected chi connectivity index (χ0v) is 9.38. The molecule has 0 heterocycles. The molecule has 0 radical (unpaired) electrons. The lowest BCUT2D eigenvalue weighted by Crippen LogP contribution is -2.21. The van der Waals surface area contributed by atoms with Gasteiger partial charge in [0.2, 0.25) is 0 Å². The van der Waals surface area contributed by atoms with Gasteiger partial charge in [-0.15, -0.1) is 0 Å². The first-order valence-electron chi connectivity index (χ1n) is 3.26. The van der Waals surface area contributed by atoms with Crippen molar-refractivity contribution < 1.29 is 17.9 Å². The van der Waals surface area contributed by atoms with E-state index in [0.29, 0.717) is 10.7 Å². The third kappa shape index (κ3) is 7.36. The molecular formula is C6H9Br2F3O. The van der Waals surface area contributed by atoms with Gasteiger partial charge in [0.25, 0.3) is 0 Å². The van der Waals surface area contributed by atoms with Crippen LogP contribution in [0.1, 0.15) is 0 Å². The van der Waals surface area contributed by atoms with E-state index in [-0.39, 0.29) is 12.5 Å². The molecule has 0 aliphatic rings. The Morgan fingerprint density at radius 1 is 1.17 bits per heavy atom. The second-order valence-electron chi connectivity index (χ2n) is 2.30. The molecule has 0 fully saturated rings. The largest absolute Gasteiger partial charge is 0.411 e. The monoisotopic (exact) mass is 312 g/mol. The Morgan fingerprint density at radius 3 is 2.00 bits per heavy atom. The van der Waals surface area contributed by atoms with E-state index in [0.717, 1.165) is 0 Å². The van der Waals surface area contributed by atoms with E-state index in [1.165, 1.54) is 0 Å². The second-order valence-corrected chi connectivity index (χ2v) is 3.60. The average molecular weight is 314 g/mol. The molecule has 0 N–H and O–H groups in total. The van der Waals surface area contributed by atoms with Gasteiger partial charge in [-0.1, -0.05) is 31.9 Å². The summed E-state index contributed by atoms with van der Waals surface area (Å²) in [5, 5.41) is 1.27. The van der Waals surface area contributed by atoms with Crippen molar-refractivity contribution in [2.24, 2.45) is 5.92 Å². The summed E-state index contributed by atoms with van der Waals surface area (Å²) in [4.78, 5) is 0. The number of rotatable bonds is 5. The lowest BCUT2D eigenvalue weighted by Gasteiger charge is -2.12. The minimum Gasteiger partial charge on any atom is -0.372 e. The number of hydrogen-bond donors (Lipinski definition) is 0. The molecule has 74 valence electrons. The fraction of sp³-hybridized carbons (Fsp3) is 1.00. The molecule has 12 heavy (non-hydrogen) atoms. The van der Waals surface area contributed by atoms with Crippen LogP contribution in [0.25, 0.3) is 0 Å². The molecule has 0 atom stereocenters. The van der Waals surface area contributed by atoms with E-state index in [1.807, 2.05) is 0 Å². The van der Waals surface area contributed by atoms with Crippen LogP contribution in [0.5, 0.6) is 0 Å². The molecule has 0 aromatic rings. The SMILES string of the molecule is FC(F)(F)COCC(CBr)CBr. The van der Waals surface area contributed by atoms with Crippen molar-refractivity contribution in [1.82, 2.24) is 0 Å². The zero-order chi connectivity index (χ0) is 9.61. The van der Waals surface area contributed by atoms with Crippen LogP contribution in [-0.2, 0) is 4.74 Å². The molecular weight excluding hydrogens is 305 g/mol. The maximum Gasteiger partial charge on any atom is 0.411 e. The number of halogens is 5. The van der Waals surface area contributed by atoms with Crippen molar-refractivity contribution in [2.75, 3.05) is 23.9 Å². The first-order valence-corrected chi connectivity index (χ1v) is 5.50. The van der Waals surface area contributed by atoms with Crippen molar-refractivity contribution in [3.63, 3.8) is 0 Å². The highest BCUT2D eigenvalue weighted by atomic mass is 79.9. The van der Waals surface area contributed by atoms with Crippen LogP contribution < -0.4 is 0 Å². The molecule has 0 saturated carbocycles. The zero-order valence-electron chi connectivity index (χ0n) is 6.20. The van der Waals surface area contributed by atoms with Crippen LogP contribution in [0.4, 0.5) is 13.2 Å². The van der Waals surface area contributed by atoms with Gasteiger partial charge in [-0.25, -0.2) is 0 Å². The lowest BCUT2D eigenvalue weighted by molar-refractivity contribution is -0.175. The van der Waals surface area contributed by atoms with E-state index < -0.39 is 12.8 Å². The van der Waals surface area contributed by atoms with Gasteiger partial charge in [-0.3, -0.25) is 0 Å². The molecule has 0 unspecified atom stereocenters. The third-order valence-corrected chi connectivity index (χ3v) is 2.89. The highest BCUT2D eigenvalue weighted by Gasteiger charge is 2.27. The Labute approximate surface area is 85.9 Å². The van der Waals surface area contributed by atoms with Gasteiger partial charge >= 0.3 is 6.18 Å². The predicted molar refractivity (Wildman–Crippen MR) is 48.0 cm³/mol. The third-order valence-electron chi connectivity index (χ3n) is 1.06. The van der Waals surface area contributed by atoms with Crippen molar-refractivity contribution in [1.29, 1.82) is 0 Å². The minimum atomic E-state index is -4.22. The summed E-state index contributed by atoms with van der Waals surface area (Å²) in [6.07, 6.45) is -4.22. The summed E-state index contributed by atoms with van der Waals surface area (Å²) in [5.74, 6) is 0.0901. The van der Waals surface area contributed by atoms with Gasteiger partial charge in [-0.2, -0.15) is 13.2 Å². The lowest BCUT2D eigenvalue weighted by atomic mass is 10.2. The topological polar surface area (TPSA) is 9.23 Å². The smallest absolute Gasteiger partial charge is 0.372 e. The Balaban J connectivity index is 3.41. The van der Waals surface area contributed by atoms with Crippen LogP contribution in [0.3, 0.4) is 0 Å². The van der Waals surface area contributed by atoms with Crippen LogP contribution in [0.2, 0.25) is 0 Å². The Kier molecular flexibility index (Phi) is 6.57. The second kappa shape index (κ2) is 6.21. The molecule has 1 nitrogen and oxygen atoms in total. The maximum atomic E-state index is 11.6. The van der Waals surface area contributed by atoms with E-state index in [2.05, 4.69) is 36.6 Å². The highest BCUT2D eigenvalue weighted by Crippen LogP contribution is 2.15. The number of hydrogen-bond acceptors (Lipinski definition) is 1. The highest BCUT2D eigenvalue weighted by molar-refractivity contribution is 9.09. The molecule has 0 rings (SSSR count). The summed E-state index contributed by atoms with van der Waals surface area (Å²) in [6.45, 7) is -1.04. The van der Waals surface area contributed by atoms with Crippen molar-refractivity contribution in [3.05, 3.63) is 0 Å². The van der Waals surface area contributed by atoms with E-state index >= 15 is 0 Å². The Bertz CT molecular complexity index is 114. The Morgan fingerprint density at radius 2 is 1.67 bits per heavy atom. The van der Waals surface area contributed by atoms with E-state index in [4.69, 9.17) is 0 Å². The number of ether oxygens (including phenoxy) is 1. The van der Waals surface area contributed by atoms with E-state index in [9.17, 15) is 13.2 Å². The summed E-state index contributed by atoms with van der Waals surface area (Å²) in [5.41, 5.74) is 0. The minimum absolute atomic E-state index is 0.0901. The fourth-order valence-electron chi connectivity index (χ4n) is 0.472.